The first kappa shape index (κ1) is 12.4. The Morgan fingerprint density at radius 3 is 3.06 bits per heavy atom. The molecule has 94 valence electrons. The highest BCUT2D eigenvalue weighted by molar-refractivity contribution is 5.76. The van der Waals surface area contributed by atoms with Crippen LogP contribution in [-0.2, 0) is 22.4 Å². The van der Waals surface area contributed by atoms with Gasteiger partial charge in [-0.25, -0.2) is 4.79 Å². The number of nitrogens with one attached hydrogen (secondary N) is 1. The van der Waals surface area contributed by atoms with Crippen LogP contribution in [0.25, 0.3) is 6.08 Å². The number of aliphatic carboxylic acids is 1. The first-order valence-electron chi connectivity index (χ1n) is 5.91. The van der Waals surface area contributed by atoms with E-state index in [0.717, 1.165) is 24.0 Å². The van der Waals surface area contributed by atoms with E-state index < -0.39 is 12.0 Å². The van der Waals surface area contributed by atoms with Gasteiger partial charge in [-0.05, 0) is 29.5 Å². The maximum Gasteiger partial charge on any atom is 0.326 e. The van der Waals surface area contributed by atoms with Crippen LogP contribution in [0.1, 0.15) is 23.1 Å². The van der Waals surface area contributed by atoms with E-state index in [-0.39, 0.29) is 0 Å². The Morgan fingerprint density at radius 2 is 2.33 bits per heavy atom. The van der Waals surface area contributed by atoms with Gasteiger partial charge in [-0.2, -0.15) is 0 Å². The predicted molar refractivity (Wildman–Crippen MR) is 68.1 cm³/mol. The third-order valence-corrected chi connectivity index (χ3v) is 3.10. The van der Waals surface area contributed by atoms with Crippen molar-refractivity contribution in [3.8, 4) is 0 Å². The molecule has 0 saturated carbocycles. The predicted octanol–water partition coefficient (Wildman–Crippen LogP) is 1.39. The van der Waals surface area contributed by atoms with Gasteiger partial charge < -0.3 is 10.4 Å². The monoisotopic (exact) mass is 245 g/mol. The minimum Gasteiger partial charge on any atom is -0.480 e. The molecule has 0 spiro atoms. The van der Waals surface area contributed by atoms with Crippen LogP contribution in [0.2, 0.25) is 0 Å². The van der Waals surface area contributed by atoms with Gasteiger partial charge in [0.05, 0.1) is 0 Å². The van der Waals surface area contributed by atoms with Gasteiger partial charge in [0.2, 0.25) is 6.41 Å². The van der Waals surface area contributed by atoms with E-state index in [2.05, 4.69) is 17.5 Å². The lowest BCUT2D eigenvalue weighted by Crippen LogP contribution is -2.37. The van der Waals surface area contributed by atoms with Crippen molar-refractivity contribution in [3.05, 3.63) is 41.0 Å². The molecule has 1 aromatic rings. The second kappa shape index (κ2) is 5.49. The van der Waals surface area contributed by atoms with E-state index in [0.29, 0.717) is 12.8 Å². The summed E-state index contributed by atoms with van der Waals surface area (Å²) in [5, 5.41) is 11.3. The van der Waals surface area contributed by atoms with E-state index in [4.69, 9.17) is 5.11 Å². The SMILES string of the molecule is O=CNC(Cc1ccc2c(c1)C=CCC2)C(=O)O. The molecule has 4 nitrogen and oxygen atoms in total. The largest absolute Gasteiger partial charge is 0.480 e. The Labute approximate surface area is 105 Å². The van der Waals surface area contributed by atoms with Gasteiger partial charge in [0, 0.05) is 6.42 Å². The molecule has 0 saturated heterocycles. The number of carboxylic acid groups (broad SMARTS) is 1. The molecule has 0 aromatic heterocycles. The van der Waals surface area contributed by atoms with Crippen LogP contribution in [0.15, 0.2) is 24.3 Å². The van der Waals surface area contributed by atoms with Crippen molar-refractivity contribution in [2.45, 2.75) is 25.3 Å². The third kappa shape index (κ3) is 2.77. The number of hydrogen-bond donors (Lipinski definition) is 2. The number of amides is 1. The quantitative estimate of drug-likeness (QED) is 0.770. The molecule has 1 amide bonds. The smallest absolute Gasteiger partial charge is 0.326 e. The van der Waals surface area contributed by atoms with Gasteiger partial charge in [0.25, 0.3) is 0 Å². The lowest BCUT2D eigenvalue weighted by atomic mass is 9.94. The van der Waals surface area contributed by atoms with Gasteiger partial charge >= 0.3 is 5.97 Å². The summed E-state index contributed by atoms with van der Waals surface area (Å²) >= 11 is 0. The fourth-order valence-corrected chi connectivity index (χ4v) is 2.14. The number of allylic oxidation sites excluding steroid dienone is 1. The number of fused-ring (bicyclic) bond motifs is 1. The topological polar surface area (TPSA) is 66.4 Å². The number of carboxylic acids is 1. The minimum atomic E-state index is -1.02. The molecule has 1 atom stereocenters. The number of hydrogen-bond acceptors (Lipinski definition) is 2. The van der Waals surface area contributed by atoms with Gasteiger partial charge in [-0.15, -0.1) is 0 Å². The molecular formula is C14H15NO3. The van der Waals surface area contributed by atoms with Gasteiger partial charge in [-0.1, -0.05) is 30.4 Å². The molecule has 0 radical (unpaired) electrons. The van der Waals surface area contributed by atoms with Crippen LogP contribution in [0, 0.1) is 0 Å². The fourth-order valence-electron chi connectivity index (χ4n) is 2.14. The van der Waals surface area contributed by atoms with Crippen LogP contribution in [0.5, 0.6) is 0 Å². The number of benzene rings is 1. The van der Waals surface area contributed by atoms with E-state index in [1.54, 1.807) is 0 Å². The highest BCUT2D eigenvalue weighted by Crippen LogP contribution is 2.21. The summed E-state index contributed by atoms with van der Waals surface area (Å²) in [6.07, 6.45) is 6.99. The van der Waals surface area contributed by atoms with Crippen molar-refractivity contribution < 1.29 is 14.7 Å². The van der Waals surface area contributed by atoms with Gasteiger partial charge in [0.15, 0.2) is 0 Å². The number of carbonyl (C=O) groups is 2. The molecule has 18 heavy (non-hydrogen) atoms. The van der Waals surface area contributed by atoms with Crippen LogP contribution in [0.4, 0.5) is 0 Å². The molecule has 0 bridgehead atoms. The summed E-state index contributed by atoms with van der Waals surface area (Å²) in [6.45, 7) is 0. The lowest BCUT2D eigenvalue weighted by molar-refractivity contribution is -0.140. The molecule has 0 aliphatic heterocycles. The van der Waals surface area contributed by atoms with Crippen molar-refractivity contribution in [1.82, 2.24) is 5.32 Å². The highest BCUT2D eigenvalue weighted by atomic mass is 16.4. The lowest BCUT2D eigenvalue weighted by Gasteiger charge is -2.14. The number of aryl methyl sites for hydroxylation is 1. The first-order chi connectivity index (χ1) is 8.70. The summed E-state index contributed by atoms with van der Waals surface area (Å²) in [6, 6.07) is 5.09. The van der Waals surface area contributed by atoms with Crippen LogP contribution >= 0.6 is 0 Å². The van der Waals surface area contributed by atoms with E-state index >= 15 is 0 Å². The summed E-state index contributed by atoms with van der Waals surface area (Å²) in [7, 11) is 0. The van der Waals surface area contributed by atoms with Crippen molar-refractivity contribution in [2.24, 2.45) is 0 Å². The molecule has 4 heteroatoms. The molecule has 0 fully saturated rings. The summed E-state index contributed by atoms with van der Waals surface area (Å²) in [5.41, 5.74) is 3.35. The molecule has 2 N–H and O–H groups in total. The average Bonchev–Trinajstić information content (AvgIpc) is 2.38. The minimum absolute atomic E-state index is 0.301. The van der Waals surface area contributed by atoms with Crippen LogP contribution in [0.3, 0.4) is 0 Å². The van der Waals surface area contributed by atoms with Crippen LogP contribution < -0.4 is 5.32 Å². The molecule has 1 aromatic carbocycles. The zero-order chi connectivity index (χ0) is 13.0. The normalized spacial score (nSPS) is 14.7. The third-order valence-electron chi connectivity index (χ3n) is 3.10. The molecule has 1 unspecified atom stereocenters. The zero-order valence-electron chi connectivity index (χ0n) is 9.93. The van der Waals surface area contributed by atoms with E-state index in [1.165, 1.54) is 5.56 Å². The molecule has 0 heterocycles. The van der Waals surface area contributed by atoms with Gasteiger partial charge in [-0.3, -0.25) is 4.79 Å². The standard InChI is InChI=1S/C14H15NO3/c16-9-15-13(14(17)18)8-10-5-6-11-3-1-2-4-12(11)7-10/h2,4-7,9,13H,1,3,8H2,(H,15,16)(H,17,18). The molecule has 2 rings (SSSR count). The number of rotatable bonds is 5. The molecule has 1 aliphatic rings. The maximum atomic E-state index is 10.9. The second-order valence-corrected chi connectivity index (χ2v) is 4.35. The average molecular weight is 245 g/mol. The Hall–Kier alpha value is -2.10. The van der Waals surface area contributed by atoms with Crippen molar-refractivity contribution in [2.75, 3.05) is 0 Å². The van der Waals surface area contributed by atoms with E-state index in [9.17, 15) is 9.59 Å². The Morgan fingerprint density at radius 1 is 1.50 bits per heavy atom. The second-order valence-electron chi connectivity index (χ2n) is 4.35. The van der Waals surface area contributed by atoms with Gasteiger partial charge in [0.1, 0.15) is 6.04 Å². The Kier molecular flexibility index (Phi) is 3.77. The first-order valence-corrected chi connectivity index (χ1v) is 5.91. The van der Waals surface area contributed by atoms with Crippen molar-refractivity contribution >= 4 is 18.5 Å². The summed E-state index contributed by atoms with van der Waals surface area (Å²) in [4.78, 5) is 21.3. The van der Waals surface area contributed by atoms with E-state index in [1.807, 2.05) is 18.2 Å². The zero-order valence-corrected chi connectivity index (χ0v) is 9.93. The fraction of sp³-hybridized carbons (Fsp3) is 0.286. The highest BCUT2D eigenvalue weighted by Gasteiger charge is 2.17. The van der Waals surface area contributed by atoms with Crippen molar-refractivity contribution in [3.63, 3.8) is 0 Å². The maximum absolute atomic E-state index is 10.9. The number of carbonyl (C=O) groups excluding carboxylic acids is 1. The molecule has 1 aliphatic carbocycles. The summed E-state index contributed by atoms with van der Waals surface area (Å²) < 4.78 is 0. The Bertz CT molecular complexity index is 494. The van der Waals surface area contributed by atoms with Crippen molar-refractivity contribution in [1.29, 1.82) is 0 Å². The summed E-state index contributed by atoms with van der Waals surface area (Å²) in [5.74, 6) is -1.02. The van der Waals surface area contributed by atoms with Crippen LogP contribution in [-0.4, -0.2) is 23.5 Å². The molecular weight excluding hydrogens is 230 g/mol. The Balaban J connectivity index is 2.16.